The number of alkyl halides is 6. The number of benzene rings is 2. The molecule has 0 aliphatic rings. The lowest BCUT2D eigenvalue weighted by molar-refractivity contribution is -0.142. The summed E-state index contributed by atoms with van der Waals surface area (Å²) in [6, 6.07) is 6.86. The molecule has 0 bridgehead atoms. The lowest BCUT2D eigenvalue weighted by Crippen LogP contribution is -2.19. The first-order chi connectivity index (χ1) is 12.4. The summed E-state index contributed by atoms with van der Waals surface area (Å²) in [6.07, 6.45) is -7.75. The smallest absolute Gasteiger partial charge is 0.416 e. The molecule has 0 fully saturated rings. The molecule has 0 amide bonds. The molecule has 0 aromatic heterocycles. The first-order valence-corrected chi connectivity index (χ1v) is 8.14. The predicted octanol–water partition coefficient (Wildman–Crippen LogP) is 6.53. The van der Waals surface area contributed by atoms with Gasteiger partial charge in [0.15, 0.2) is 0 Å². The highest BCUT2D eigenvalue weighted by atomic mass is 79.9. The zero-order valence-electron chi connectivity index (χ0n) is 13.3. The van der Waals surface area contributed by atoms with E-state index in [0.29, 0.717) is 12.1 Å². The predicted molar refractivity (Wildman–Crippen MR) is 90.4 cm³/mol. The molecule has 9 heteroatoms. The number of carbonyl (C=O) groups is 1. The van der Waals surface area contributed by atoms with Gasteiger partial charge in [0, 0.05) is 4.47 Å². The summed E-state index contributed by atoms with van der Waals surface area (Å²) in [5, 5.41) is 8.93. The van der Waals surface area contributed by atoms with Crippen LogP contribution in [0.1, 0.15) is 33.0 Å². The van der Waals surface area contributed by atoms with Gasteiger partial charge in [0.2, 0.25) is 0 Å². The largest absolute Gasteiger partial charge is 0.478 e. The molecule has 2 aromatic carbocycles. The molecule has 144 valence electrons. The molecule has 0 aliphatic heterocycles. The minimum Gasteiger partial charge on any atom is -0.478 e. The van der Waals surface area contributed by atoms with E-state index in [9.17, 15) is 31.1 Å². The standard InChI is InChI=1S/C18H11BrF6O2/c19-15-8-10(4-6-13(15)16(26)27)5-7-14(18(23,24)25)11-2-1-3-12(9-11)17(20,21)22/h1-9,14H,(H,26,27). The van der Waals surface area contributed by atoms with Crippen molar-refractivity contribution < 1.29 is 36.2 Å². The van der Waals surface area contributed by atoms with Gasteiger partial charge in [-0.25, -0.2) is 4.79 Å². The summed E-state index contributed by atoms with van der Waals surface area (Å²) in [6.45, 7) is 0. The van der Waals surface area contributed by atoms with Crippen molar-refractivity contribution in [2.45, 2.75) is 18.3 Å². The fraction of sp³-hybridized carbons (Fsp3) is 0.167. The lowest BCUT2D eigenvalue weighted by Gasteiger charge is -2.18. The van der Waals surface area contributed by atoms with E-state index in [1.54, 1.807) is 0 Å². The third kappa shape index (κ3) is 5.35. The van der Waals surface area contributed by atoms with Gasteiger partial charge >= 0.3 is 18.3 Å². The van der Waals surface area contributed by atoms with Crippen LogP contribution in [-0.4, -0.2) is 17.3 Å². The van der Waals surface area contributed by atoms with E-state index in [0.717, 1.165) is 24.3 Å². The van der Waals surface area contributed by atoms with Gasteiger partial charge in [-0.2, -0.15) is 26.3 Å². The van der Waals surface area contributed by atoms with Gasteiger partial charge in [-0.3, -0.25) is 0 Å². The maximum atomic E-state index is 13.4. The summed E-state index contributed by atoms with van der Waals surface area (Å²) in [5.41, 5.74) is -1.53. The number of hydrogen-bond donors (Lipinski definition) is 1. The van der Waals surface area contributed by atoms with Gasteiger partial charge < -0.3 is 5.11 Å². The molecule has 2 rings (SSSR count). The van der Waals surface area contributed by atoms with Gasteiger partial charge in [0.05, 0.1) is 17.0 Å². The van der Waals surface area contributed by atoms with Crippen LogP contribution in [0.25, 0.3) is 6.08 Å². The lowest BCUT2D eigenvalue weighted by atomic mass is 9.95. The second-order valence-electron chi connectivity index (χ2n) is 5.55. The van der Waals surface area contributed by atoms with E-state index < -0.39 is 35.4 Å². The first-order valence-electron chi connectivity index (χ1n) is 7.34. The van der Waals surface area contributed by atoms with Crippen molar-refractivity contribution in [3.8, 4) is 0 Å². The Kier molecular flexibility index (Phi) is 6.04. The van der Waals surface area contributed by atoms with Gasteiger partial charge in [0.25, 0.3) is 0 Å². The van der Waals surface area contributed by atoms with Crippen LogP contribution >= 0.6 is 15.9 Å². The van der Waals surface area contributed by atoms with E-state index >= 15 is 0 Å². The number of halogens is 7. The second kappa shape index (κ2) is 7.75. The number of hydrogen-bond acceptors (Lipinski definition) is 1. The van der Waals surface area contributed by atoms with Crippen molar-refractivity contribution in [1.82, 2.24) is 0 Å². The van der Waals surface area contributed by atoms with Gasteiger partial charge in [-0.15, -0.1) is 0 Å². The molecule has 0 heterocycles. The number of carboxylic acid groups (broad SMARTS) is 1. The summed E-state index contributed by atoms with van der Waals surface area (Å²) >= 11 is 3.01. The molecule has 0 saturated carbocycles. The van der Waals surface area contributed by atoms with Crippen molar-refractivity contribution >= 4 is 28.0 Å². The summed E-state index contributed by atoms with van der Waals surface area (Å²) < 4.78 is 78.6. The molecule has 0 radical (unpaired) electrons. The number of allylic oxidation sites excluding steroid dienone is 1. The Morgan fingerprint density at radius 3 is 2.22 bits per heavy atom. The Labute approximate surface area is 158 Å². The highest BCUT2D eigenvalue weighted by molar-refractivity contribution is 9.10. The van der Waals surface area contributed by atoms with Gasteiger partial charge in [-0.05, 0) is 45.3 Å². The maximum absolute atomic E-state index is 13.4. The third-order valence-corrected chi connectivity index (χ3v) is 4.29. The third-order valence-electron chi connectivity index (χ3n) is 3.63. The van der Waals surface area contributed by atoms with E-state index in [4.69, 9.17) is 5.11 Å². The zero-order chi connectivity index (χ0) is 20.4. The normalized spacial score (nSPS) is 13.7. The highest BCUT2D eigenvalue weighted by Crippen LogP contribution is 2.39. The molecular weight excluding hydrogens is 442 g/mol. The average molecular weight is 453 g/mol. The molecule has 2 nitrogen and oxygen atoms in total. The minimum atomic E-state index is -4.81. The van der Waals surface area contributed by atoms with E-state index in [1.807, 2.05) is 0 Å². The van der Waals surface area contributed by atoms with Crippen molar-refractivity contribution in [2.24, 2.45) is 0 Å². The monoisotopic (exact) mass is 452 g/mol. The quantitative estimate of drug-likeness (QED) is 0.535. The van der Waals surface area contributed by atoms with Crippen LogP contribution < -0.4 is 0 Å². The Morgan fingerprint density at radius 1 is 1.04 bits per heavy atom. The molecule has 2 aromatic rings. The van der Waals surface area contributed by atoms with E-state index in [-0.39, 0.29) is 15.6 Å². The number of rotatable bonds is 4. The van der Waals surface area contributed by atoms with Gasteiger partial charge in [-0.1, -0.05) is 36.4 Å². The summed E-state index contributed by atoms with van der Waals surface area (Å²) in [7, 11) is 0. The van der Waals surface area contributed by atoms with Crippen molar-refractivity contribution in [2.75, 3.05) is 0 Å². The molecule has 1 N–H and O–H groups in total. The number of aromatic carboxylic acids is 1. The minimum absolute atomic E-state index is 0.0719. The molecule has 0 spiro atoms. The fourth-order valence-electron chi connectivity index (χ4n) is 2.33. The molecular formula is C18H11BrF6O2. The molecule has 0 aliphatic carbocycles. The van der Waals surface area contributed by atoms with Crippen molar-refractivity contribution in [3.05, 3.63) is 75.3 Å². The fourth-order valence-corrected chi connectivity index (χ4v) is 2.90. The summed E-state index contributed by atoms with van der Waals surface area (Å²) in [4.78, 5) is 10.9. The van der Waals surface area contributed by atoms with Crippen LogP contribution in [0.3, 0.4) is 0 Å². The van der Waals surface area contributed by atoms with Crippen LogP contribution in [0.2, 0.25) is 0 Å². The topological polar surface area (TPSA) is 37.3 Å². The van der Waals surface area contributed by atoms with Gasteiger partial charge in [0.1, 0.15) is 0 Å². The Morgan fingerprint density at radius 2 is 1.70 bits per heavy atom. The number of carboxylic acids is 1. The van der Waals surface area contributed by atoms with Crippen LogP contribution in [0.15, 0.2) is 53.0 Å². The van der Waals surface area contributed by atoms with E-state index in [2.05, 4.69) is 15.9 Å². The van der Waals surface area contributed by atoms with Crippen LogP contribution in [0.5, 0.6) is 0 Å². The average Bonchev–Trinajstić information content (AvgIpc) is 2.53. The first kappa shape index (κ1) is 21.0. The van der Waals surface area contributed by atoms with Crippen molar-refractivity contribution in [3.63, 3.8) is 0 Å². The zero-order valence-corrected chi connectivity index (χ0v) is 14.9. The molecule has 0 saturated heterocycles. The van der Waals surface area contributed by atoms with E-state index in [1.165, 1.54) is 18.2 Å². The molecule has 1 unspecified atom stereocenters. The molecule has 27 heavy (non-hydrogen) atoms. The maximum Gasteiger partial charge on any atom is 0.416 e. The summed E-state index contributed by atoms with van der Waals surface area (Å²) in [5.74, 6) is -3.47. The van der Waals surface area contributed by atoms with Crippen LogP contribution in [0.4, 0.5) is 26.3 Å². The Bertz CT molecular complexity index is 871. The molecule has 1 atom stereocenters. The highest BCUT2D eigenvalue weighted by Gasteiger charge is 2.40. The Hall–Kier alpha value is -2.29. The van der Waals surface area contributed by atoms with Crippen LogP contribution in [0, 0.1) is 0 Å². The van der Waals surface area contributed by atoms with Crippen molar-refractivity contribution in [1.29, 1.82) is 0 Å². The van der Waals surface area contributed by atoms with Crippen LogP contribution in [-0.2, 0) is 6.18 Å². The SMILES string of the molecule is O=C(O)c1ccc(C=CC(c2cccc(C(F)(F)F)c2)C(F)(F)F)cc1Br. The second-order valence-corrected chi connectivity index (χ2v) is 6.40. The Balaban J connectivity index is 2.40.